The molecule has 2 aromatic carbocycles. The van der Waals surface area contributed by atoms with Gasteiger partial charge in [-0.05, 0) is 24.6 Å². The molecule has 0 fully saturated rings. The van der Waals surface area contributed by atoms with E-state index in [-0.39, 0.29) is 19.0 Å². The van der Waals surface area contributed by atoms with Crippen molar-refractivity contribution in [1.29, 1.82) is 0 Å². The van der Waals surface area contributed by atoms with Crippen molar-refractivity contribution in [3.05, 3.63) is 65.7 Å². The van der Waals surface area contributed by atoms with Crippen LogP contribution in [0, 0.1) is 6.92 Å². The molecule has 0 bridgehead atoms. The maximum absolute atomic E-state index is 12.1. The van der Waals surface area contributed by atoms with Gasteiger partial charge in [0.1, 0.15) is 12.4 Å². The van der Waals surface area contributed by atoms with Crippen LogP contribution in [0.2, 0.25) is 0 Å². The third kappa shape index (κ3) is 6.85. The fourth-order valence-electron chi connectivity index (χ4n) is 2.28. The zero-order valence-corrected chi connectivity index (χ0v) is 15.8. The Morgan fingerprint density at radius 3 is 2.35 bits per heavy atom. The monoisotopic (exact) mass is 376 g/mol. The number of sulfonamides is 1. The SMILES string of the molecule is Cc1ccc(CN(CC(=O)NCCOc2ccccc2)S(C)(=O)=O)cc1. The van der Waals surface area contributed by atoms with Crippen LogP contribution in [0.15, 0.2) is 54.6 Å². The van der Waals surface area contributed by atoms with E-state index in [9.17, 15) is 13.2 Å². The molecule has 2 rings (SSSR count). The minimum Gasteiger partial charge on any atom is -0.492 e. The molecule has 0 saturated heterocycles. The molecule has 1 amide bonds. The Bertz CT molecular complexity index is 805. The molecule has 0 aliphatic rings. The minimum absolute atomic E-state index is 0.160. The van der Waals surface area contributed by atoms with Gasteiger partial charge >= 0.3 is 0 Å². The lowest BCUT2D eigenvalue weighted by Crippen LogP contribution is -2.40. The van der Waals surface area contributed by atoms with E-state index in [0.29, 0.717) is 13.2 Å². The van der Waals surface area contributed by atoms with Gasteiger partial charge in [-0.1, -0.05) is 48.0 Å². The van der Waals surface area contributed by atoms with Crippen molar-refractivity contribution in [3.8, 4) is 5.75 Å². The summed E-state index contributed by atoms with van der Waals surface area (Å²) in [5.74, 6) is 0.359. The van der Waals surface area contributed by atoms with Crippen molar-refractivity contribution in [2.45, 2.75) is 13.5 Å². The lowest BCUT2D eigenvalue weighted by atomic mass is 10.1. The van der Waals surface area contributed by atoms with Gasteiger partial charge in [-0.15, -0.1) is 0 Å². The van der Waals surface area contributed by atoms with E-state index in [2.05, 4.69) is 5.32 Å². The Hall–Kier alpha value is -2.38. The summed E-state index contributed by atoms with van der Waals surface area (Å²) < 4.78 is 30.6. The number of para-hydroxylation sites is 1. The van der Waals surface area contributed by atoms with Gasteiger partial charge in [0.25, 0.3) is 0 Å². The highest BCUT2D eigenvalue weighted by Crippen LogP contribution is 2.10. The molecule has 7 heteroatoms. The average Bonchev–Trinajstić information content (AvgIpc) is 2.60. The summed E-state index contributed by atoms with van der Waals surface area (Å²) in [5, 5.41) is 2.68. The van der Waals surface area contributed by atoms with Crippen LogP contribution >= 0.6 is 0 Å². The summed E-state index contributed by atoms with van der Waals surface area (Å²) in [5.41, 5.74) is 1.93. The molecule has 0 aliphatic heterocycles. The van der Waals surface area contributed by atoms with E-state index in [4.69, 9.17) is 4.74 Å². The minimum atomic E-state index is -3.50. The number of aryl methyl sites for hydroxylation is 1. The highest BCUT2D eigenvalue weighted by molar-refractivity contribution is 7.88. The first-order valence-electron chi connectivity index (χ1n) is 8.30. The second-order valence-corrected chi connectivity index (χ2v) is 8.01. The quantitative estimate of drug-likeness (QED) is 0.679. The number of nitrogens with one attached hydrogen (secondary N) is 1. The molecule has 0 atom stereocenters. The number of carbonyl (C=O) groups is 1. The zero-order chi connectivity index (χ0) is 19.0. The van der Waals surface area contributed by atoms with Gasteiger partial charge in [0.2, 0.25) is 15.9 Å². The maximum atomic E-state index is 12.1. The molecular weight excluding hydrogens is 352 g/mol. The third-order valence-corrected chi connectivity index (χ3v) is 4.90. The number of hydrogen-bond acceptors (Lipinski definition) is 4. The van der Waals surface area contributed by atoms with Gasteiger partial charge < -0.3 is 10.1 Å². The summed E-state index contributed by atoms with van der Waals surface area (Å²) >= 11 is 0. The van der Waals surface area contributed by atoms with E-state index in [1.807, 2.05) is 61.5 Å². The predicted octanol–water partition coefficient (Wildman–Crippen LogP) is 1.95. The standard InChI is InChI=1S/C19H24N2O4S/c1-16-8-10-17(11-9-16)14-21(26(2,23)24)15-19(22)20-12-13-25-18-6-4-3-5-7-18/h3-11H,12-15H2,1-2H3,(H,20,22). The molecule has 0 aromatic heterocycles. The summed E-state index contributed by atoms with van der Waals surface area (Å²) in [6, 6.07) is 16.8. The number of carbonyl (C=O) groups excluding carboxylic acids is 1. The maximum Gasteiger partial charge on any atom is 0.235 e. The van der Waals surface area contributed by atoms with Gasteiger partial charge in [-0.2, -0.15) is 4.31 Å². The van der Waals surface area contributed by atoms with Crippen molar-refractivity contribution in [1.82, 2.24) is 9.62 Å². The molecule has 26 heavy (non-hydrogen) atoms. The van der Waals surface area contributed by atoms with E-state index < -0.39 is 10.0 Å². The summed E-state index contributed by atoms with van der Waals surface area (Å²) in [4.78, 5) is 12.1. The normalized spacial score (nSPS) is 11.3. The van der Waals surface area contributed by atoms with Gasteiger partial charge in [-0.25, -0.2) is 8.42 Å². The number of hydrogen-bond donors (Lipinski definition) is 1. The highest BCUT2D eigenvalue weighted by atomic mass is 32.2. The molecule has 0 heterocycles. The van der Waals surface area contributed by atoms with Crippen LogP contribution in [0.4, 0.5) is 0 Å². The number of rotatable bonds is 9. The average molecular weight is 376 g/mol. The Balaban J connectivity index is 1.83. The van der Waals surface area contributed by atoms with Gasteiger partial charge in [-0.3, -0.25) is 4.79 Å². The van der Waals surface area contributed by atoms with E-state index >= 15 is 0 Å². The summed E-state index contributed by atoms with van der Waals surface area (Å²) in [6.45, 7) is 2.51. The van der Waals surface area contributed by atoms with Crippen molar-refractivity contribution < 1.29 is 17.9 Å². The van der Waals surface area contributed by atoms with Crippen molar-refractivity contribution >= 4 is 15.9 Å². The Kier molecular flexibility index (Phi) is 7.17. The Morgan fingerprint density at radius 1 is 1.08 bits per heavy atom. The number of benzene rings is 2. The van der Waals surface area contributed by atoms with Crippen LogP contribution in [0.5, 0.6) is 5.75 Å². The topological polar surface area (TPSA) is 75.7 Å². The molecule has 0 aliphatic carbocycles. The fourth-order valence-corrected chi connectivity index (χ4v) is 3.02. The molecule has 0 radical (unpaired) electrons. The second kappa shape index (κ2) is 9.35. The number of nitrogens with zero attached hydrogens (tertiary/aromatic N) is 1. The molecule has 140 valence electrons. The van der Waals surface area contributed by atoms with Crippen LogP contribution in [-0.4, -0.2) is 44.6 Å². The van der Waals surface area contributed by atoms with Gasteiger partial charge in [0.15, 0.2) is 0 Å². The predicted molar refractivity (Wildman–Crippen MR) is 101 cm³/mol. The van der Waals surface area contributed by atoms with Gasteiger partial charge in [0, 0.05) is 6.54 Å². The lowest BCUT2D eigenvalue weighted by Gasteiger charge is -2.19. The summed E-state index contributed by atoms with van der Waals surface area (Å²) in [6.07, 6.45) is 1.10. The first-order chi connectivity index (χ1) is 12.3. The summed E-state index contributed by atoms with van der Waals surface area (Å²) in [7, 11) is -3.50. The van der Waals surface area contributed by atoms with Crippen molar-refractivity contribution in [2.24, 2.45) is 0 Å². The van der Waals surface area contributed by atoms with E-state index in [1.165, 1.54) is 0 Å². The van der Waals surface area contributed by atoms with Crippen LogP contribution in [0.1, 0.15) is 11.1 Å². The van der Waals surface area contributed by atoms with Crippen LogP contribution in [0.3, 0.4) is 0 Å². The highest BCUT2D eigenvalue weighted by Gasteiger charge is 2.20. The van der Waals surface area contributed by atoms with Crippen LogP contribution in [-0.2, 0) is 21.4 Å². The smallest absolute Gasteiger partial charge is 0.235 e. The number of amides is 1. The number of ether oxygens (including phenoxy) is 1. The molecular formula is C19H24N2O4S. The molecule has 0 spiro atoms. The first-order valence-corrected chi connectivity index (χ1v) is 10.1. The first kappa shape index (κ1) is 19.9. The van der Waals surface area contributed by atoms with E-state index in [1.54, 1.807) is 0 Å². The molecule has 0 saturated carbocycles. The van der Waals surface area contributed by atoms with Gasteiger partial charge in [0.05, 0.1) is 19.3 Å². The molecule has 0 unspecified atom stereocenters. The fraction of sp³-hybridized carbons (Fsp3) is 0.316. The second-order valence-electron chi connectivity index (χ2n) is 6.03. The van der Waals surface area contributed by atoms with Crippen molar-refractivity contribution in [2.75, 3.05) is 26.0 Å². The largest absolute Gasteiger partial charge is 0.492 e. The molecule has 2 aromatic rings. The zero-order valence-electron chi connectivity index (χ0n) is 15.0. The van der Waals surface area contributed by atoms with Crippen molar-refractivity contribution in [3.63, 3.8) is 0 Å². The Morgan fingerprint density at radius 2 is 1.73 bits per heavy atom. The third-order valence-electron chi connectivity index (χ3n) is 3.70. The molecule has 1 N–H and O–H groups in total. The van der Waals surface area contributed by atoms with E-state index in [0.717, 1.165) is 27.4 Å². The van der Waals surface area contributed by atoms with Crippen LogP contribution < -0.4 is 10.1 Å². The Labute approximate surface area is 154 Å². The molecule has 6 nitrogen and oxygen atoms in total. The lowest BCUT2D eigenvalue weighted by molar-refractivity contribution is -0.121. The van der Waals surface area contributed by atoms with Crippen LogP contribution in [0.25, 0.3) is 0 Å².